The predicted octanol–water partition coefficient (Wildman–Crippen LogP) is 1.82. The number of carbonyl (C=O) groups is 2. The molecule has 0 aliphatic rings. The zero-order valence-electron chi connectivity index (χ0n) is 9.77. The van der Waals surface area contributed by atoms with Crippen molar-refractivity contribution in [3.05, 3.63) is 29.8 Å². The van der Waals surface area contributed by atoms with Gasteiger partial charge in [0.15, 0.2) is 0 Å². The van der Waals surface area contributed by atoms with Crippen LogP contribution in [-0.4, -0.2) is 23.0 Å². The maximum Gasteiger partial charge on any atom is 0.401 e. The second-order valence-electron chi connectivity index (χ2n) is 3.32. The lowest BCUT2D eigenvalue weighted by Crippen LogP contribution is -2.32. The molecule has 0 aromatic heterocycles. The van der Waals surface area contributed by atoms with Gasteiger partial charge in [-0.25, -0.2) is 4.79 Å². The Morgan fingerprint density at radius 3 is 2.50 bits per heavy atom. The van der Waals surface area contributed by atoms with E-state index in [9.17, 15) is 9.59 Å². The van der Waals surface area contributed by atoms with Crippen molar-refractivity contribution in [1.29, 1.82) is 0 Å². The normalized spacial score (nSPS) is 9.50. The van der Waals surface area contributed by atoms with Crippen LogP contribution in [0.3, 0.4) is 0 Å². The Kier molecular flexibility index (Phi) is 6.42. The molecule has 8 heteroatoms. The van der Waals surface area contributed by atoms with Gasteiger partial charge in [-0.1, -0.05) is 0 Å². The first kappa shape index (κ1) is 15.2. The molecule has 18 heavy (non-hydrogen) atoms. The molecule has 1 aromatic carbocycles. The average Bonchev–Trinajstić information content (AvgIpc) is 2.29. The minimum absolute atomic E-state index is 0.0929. The maximum absolute atomic E-state index is 11.5. The molecule has 2 amide bonds. The van der Waals surface area contributed by atoms with Gasteiger partial charge in [0.05, 0.1) is 0 Å². The smallest absolute Gasteiger partial charge is 0.401 e. The molecule has 0 aliphatic carbocycles. The fourth-order valence-corrected chi connectivity index (χ4v) is 1.58. The van der Waals surface area contributed by atoms with E-state index >= 15 is 0 Å². The van der Waals surface area contributed by atoms with Crippen LogP contribution < -0.4 is 15.3 Å². The van der Waals surface area contributed by atoms with Crippen molar-refractivity contribution >= 4 is 47.9 Å². The van der Waals surface area contributed by atoms with Gasteiger partial charge in [-0.3, -0.25) is 4.79 Å². The summed E-state index contributed by atoms with van der Waals surface area (Å²) in [5.74, 6) is 0.244. The molecule has 0 saturated carbocycles. The molecule has 0 bridgehead atoms. The molecule has 5 nitrogen and oxygen atoms in total. The Morgan fingerprint density at radius 2 is 2.00 bits per heavy atom. The van der Waals surface area contributed by atoms with Crippen molar-refractivity contribution in [3.8, 4) is 5.75 Å². The van der Waals surface area contributed by atoms with Gasteiger partial charge < -0.3 is 15.3 Å². The van der Waals surface area contributed by atoms with Crippen molar-refractivity contribution in [3.63, 3.8) is 0 Å². The minimum Gasteiger partial charge on any atom is -0.411 e. The number of hydrogen-bond acceptors (Lipinski definition) is 3. The van der Waals surface area contributed by atoms with Gasteiger partial charge in [0.25, 0.3) is 5.91 Å². The molecule has 96 valence electrons. The number of nitrogens with one attached hydrogen (secondary N) is 2. The zero-order valence-corrected chi connectivity index (χ0v) is 13.1. The fourth-order valence-electron chi connectivity index (χ4n) is 1.19. The maximum atomic E-state index is 11.5. The summed E-state index contributed by atoms with van der Waals surface area (Å²) >= 11 is 2.02. The van der Waals surface area contributed by atoms with Crippen LogP contribution in [0.4, 0.5) is 4.79 Å². The summed E-state index contributed by atoms with van der Waals surface area (Å²) < 4.78 is 4.93. The van der Waals surface area contributed by atoms with E-state index in [0.29, 0.717) is 17.9 Å². The summed E-state index contributed by atoms with van der Waals surface area (Å²) in [7, 11) is 2.42. The lowest BCUT2D eigenvalue weighted by molar-refractivity contribution is 0.0956. The van der Waals surface area contributed by atoms with Gasteiger partial charge in [-0.2, -0.15) is 0 Å². The van der Waals surface area contributed by atoms with Gasteiger partial charge in [0.2, 0.25) is 0 Å². The third-order valence-corrected chi connectivity index (χ3v) is 2.40. The molecular formula is C10H13BIN2O3P. The van der Waals surface area contributed by atoms with Gasteiger partial charge in [-0.15, -0.1) is 31.5 Å². The molecular weight excluding hydrogens is 365 g/mol. The molecule has 0 fully saturated rings. The zero-order chi connectivity index (χ0) is 13.5. The summed E-state index contributed by atoms with van der Waals surface area (Å²) in [5, 5.41) is 5.24. The number of rotatable bonds is 4. The second-order valence-corrected chi connectivity index (χ2v) is 6.69. The molecule has 1 atom stereocenters. The SMILES string of the molecule is CCNC(=O)c1ccc(OC(=O)NB(P)I)cc1. The fraction of sp³-hybridized carbons (Fsp3) is 0.200. The number of halogens is 1. The van der Waals surface area contributed by atoms with Gasteiger partial charge in [0, 0.05) is 12.1 Å². The highest BCUT2D eigenvalue weighted by atomic mass is 127. The molecule has 1 unspecified atom stereocenters. The van der Waals surface area contributed by atoms with Crippen LogP contribution in [-0.2, 0) is 0 Å². The highest BCUT2D eigenvalue weighted by Crippen LogP contribution is 2.12. The van der Waals surface area contributed by atoms with Crippen molar-refractivity contribution in [2.45, 2.75) is 6.92 Å². The Morgan fingerprint density at radius 1 is 1.39 bits per heavy atom. The van der Waals surface area contributed by atoms with Crippen LogP contribution in [0, 0.1) is 0 Å². The summed E-state index contributed by atoms with van der Waals surface area (Å²) in [5.41, 5.74) is 0.530. The Balaban J connectivity index is 2.60. The van der Waals surface area contributed by atoms with Crippen LogP contribution >= 0.6 is 31.5 Å². The number of hydrogen-bond donors (Lipinski definition) is 2. The Bertz CT molecular complexity index is 428. The minimum atomic E-state index is -0.532. The average molecular weight is 378 g/mol. The molecule has 2 N–H and O–H groups in total. The van der Waals surface area contributed by atoms with Gasteiger partial charge in [0.1, 0.15) is 5.75 Å². The summed E-state index contributed by atoms with van der Waals surface area (Å²) in [6.45, 7) is 2.42. The largest absolute Gasteiger partial charge is 0.411 e. The topological polar surface area (TPSA) is 67.4 Å². The molecule has 1 rings (SSSR count). The first-order valence-corrected chi connectivity index (χ1v) is 7.20. The summed E-state index contributed by atoms with van der Waals surface area (Å²) in [4.78, 5) is 22.8. The summed E-state index contributed by atoms with van der Waals surface area (Å²) in [6.07, 6.45) is -0.532. The van der Waals surface area contributed by atoms with Crippen LogP contribution in [0.25, 0.3) is 0 Å². The molecule has 0 aliphatic heterocycles. The third kappa shape index (κ3) is 5.22. The molecule has 0 radical (unpaired) electrons. The third-order valence-electron chi connectivity index (χ3n) is 1.92. The Labute approximate surface area is 122 Å². The van der Waals surface area contributed by atoms with Crippen LogP contribution in [0.5, 0.6) is 5.75 Å². The quantitative estimate of drug-likeness (QED) is 0.478. The first-order valence-electron chi connectivity index (χ1n) is 5.29. The number of amides is 2. The molecule has 1 aromatic rings. The molecule has 0 heterocycles. The molecule has 0 spiro atoms. The van der Waals surface area contributed by atoms with Crippen LogP contribution in [0.2, 0.25) is 0 Å². The van der Waals surface area contributed by atoms with Crippen molar-refractivity contribution < 1.29 is 14.3 Å². The van der Waals surface area contributed by atoms with E-state index in [0.717, 1.165) is 0 Å². The van der Waals surface area contributed by atoms with Crippen molar-refractivity contribution in [2.24, 2.45) is 0 Å². The number of carbonyl (C=O) groups excluding carboxylic acids is 2. The van der Waals surface area contributed by atoms with Gasteiger partial charge in [-0.05, 0) is 31.2 Å². The van der Waals surface area contributed by atoms with Crippen molar-refractivity contribution in [1.82, 2.24) is 10.5 Å². The predicted molar refractivity (Wildman–Crippen MR) is 83.1 cm³/mol. The van der Waals surface area contributed by atoms with E-state index in [1.165, 1.54) is 0 Å². The highest BCUT2D eigenvalue weighted by Gasteiger charge is 2.10. The van der Waals surface area contributed by atoms with E-state index in [1.807, 2.05) is 29.3 Å². The highest BCUT2D eigenvalue weighted by molar-refractivity contribution is 14.1. The van der Waals surface area contributed by atoms with Crippen LogP contribution in [0.1, 0.15) is 17.3 Å². The molecule has 0 saturated heterocycles. The summed E-state index contributed by atoms with van der Waals surface area (Å²) in [6, 6.07) is 6.37. The van der Waals surface area contributed by atoms with Crippen LogP contribution in [0.15, 0.2) is 24.3 Å². The van der Waals surface area contributed by atoms with Gasteiger partial charge >= 0.3 is 10.5 Å². The lowest BCUT2D eigenvalue weighted by Gasteiger charge is -2.07. The van der Waals surface area contributed by atoms with E-state index in [4.69, 9.17) is 4.74 Å². The van der Waals surface area contributed by atoms with E-state index < -0.39 is 6.09 Å². The number of benzene rings is 1. The first-order chi connectivity index (χ1) is 8.52. The number of ether oxygens (including phenoxy) is 1. The Hall–Kier alpha value is -0.815. The van der Waals surface area contributed by atoms with E-state index in [2.05, 4.69) is 19.7 Å². The van der Waals surface area contributed by atoms with E-state index in [-0.39, 0.29) is 10.3 Å². The second kappa shape index (κ2) is 7.58. The van der Waals surface area contributed by atoms with E-state index in [1.54, 1.807) is 24.3 Å². The van der Waals surface area contributed by atoms with Crippen molar-refractivity contribution in [2.75, 3.05) is 6.54 Å². The monoisotopic (exact) mass is 378 g/mol. The lowest BCUT2D eigenvalue weighted by atomic mass is 10.2. The standard InChI is InChI=1S/C10H13BIN2O3P/c1-2-13-9(15)7-3-5-8(6-4-7)17-10(16)14-11(12)18/h3-6H,2,18H2,1H3,(H,13,15)(H,14,16).